The highest BCUT2D eigenvalue weighted by molar-refractivity contribution is 6.29. The number of nitrogens with one attached hydrogen (secondary N) is 2. The Morgan fingerprint density at radius 2 is 2.10 bits per heavy atom. The lowest BCUT2D eigenvalue weighted by molar-refractivity contribution is 0.546. The molecule has 0 spiro atoms. The lowest BCUT2D eigenvalue weighted by atomic mass is 9.96. The van der Waals surface area contributed by atoms with E-state index in [2.05, 4.69) is 51.2 Å². The molecule has 0 aliphatic carbocycles. The van der Waals surface area contributed by atoms with Gasteiger partial charge in [0, 0.05) is 24.4 Å². The van der Waals surface area contributed by atoms with E-state index in [4.69, 9.17) is 11.6 Å². The van der Waals surface area contributed by atoms with Crippen molar-refractivity contribution in [2.75, 3.05) is 11.9 Å². The lowest BCUT2D eigenvalue weighted by Crippen LogP contribution is -2.17. The van der Waals surface area contributed by atoms with Gasteiger partial charge >= 0.3 is 0 Å². The maximum Gasteiger partial charge on any atom is 0.137 e. The van der Waals surface area contributed by atoms with E-state index in [1.165, 1.54) is 6.33 Å². The molecule has 0 atom stereocenters. The van der Waals surface area contributed by atoms with E-state index in [9.17, 15) is 0 Å². The van der Waals surface area contributed by atoms with Gasteiger partial charge in [-0.1, -0.05) is 32.4 Å². The normalized spacial score (nSPS) is 11.6. The van der Waals surface area contributed by atoms with Crippen molar-refractivity contribution in [3.05, 3.63) is 29.2 Å². The second-order valence-electron chi connectivity index (χ2n) is 5.61. The first-order chi connectivity index (χ1) is 9.45. The number of aromatic amines is 1. The molecular weight excluding hydrogens is 276 g/mol. The van der Waals surface area contributed by atoms with Gasteiger partial charge in [-0.3, -0.25) is 5.10 Å². The molecule has 108 valence electrons. The highest BCUT2D eigenvalue weighted by atomic mass is 35.5. The Hall–Kier alpha value is -1.69. The van der Waals surface area contributed by atoms with Crippen molar-refractivity contribution in [1.29, 1.82) is 0 Å². The molecule has 0 saturated carbocycles. The Morgan fingerprint density at radius 3 is 2.75 bits per heavy atom. The smallest absolute Gasteiger partial charge is 0.137 e. The quantitative estimate of drug-likeness (QED) is 0.654. The second-order valence-corrected chi connectivity index (χ2v) is 6.00. The molecule has 6 nitrogen and oxygen atoms in total. The van der Waals surface area contributed by atoms with Gasteiger partial charge in [0.25, 0.3) is 0 Å². The maximum absolute atomic E-state index is 6.04. The molecule has 2 aromatic rings. The molecule has 0 aromatic carbocycles. The zero-order chi connectivity index (χ0) is 14.6. The summed E-state index contributed by atoms with van der Waals surface area (Å²) >= 11 is 6.04. The molecule has 0 unspecified atom stereocenters. The summed E-state index contributed by atoms with van der Waals surface area (Å²) in [5, 5.41) is 10.4. The van der Waals surface area contributed by atoms with Crippen molar-refractivity contribution in [2.45, 2.75) is 39.0 Å². The molecule has 2 rings (SSSR count). The number of H-pyrrole nitrogens is 1. The van der Waals surface area contributed by atoms with Crippen LogP contribution in [0.3, 0.4) is 0 Å². The highest BCUT2D eigenvalue weighted by Crippen LogP contribution is 2.22. The average molecular weight is 295 g/mol. The van der Waals surface area contributed by atoms with Crippen LogP contribution in [0.4, 0.5) is 5.82 Å². The molecule has 7 heteroatoms. The number of aryl methyl sites for hydroxylation is 1. The predicted octanol–water partition coefficient (Wildman–Crippen LogP) is 2.59. The number of halogens is 1. The van der Waals surface area contributed by atoms with Crippen LogP contribution in [-0.2, 0) is 11.8 Å². The number of nitrogens with zero attached hydrogens (tertiary/aromatic N) is 4. The fourth-order valence-corrected chi connectivity index (χ4v) is 1.85. The maximum atomic E-state index is 6.04. The van der Waals surface area contributed by atoms with Crippen LogP contribution >= 0.6 is 11.6 Å². The molecular formula is C13H19ClN6. The monoisotopic (exact) mass is 294 g/mol. The highest BCUT2D eigenvalue weighted by Gasteiger charge is 2.18. The van der Waals surface area contributed by atoms with E-state index in [0.717, 1.165) is 36.9 Å². The van der Waals surface area contributed by atoms with Gasteiger partial charge in [0.2, 0.25) is 0 Å². The summed E-state index contributed by atoms with van der Waals surface area (Å²) in [4.78, 5) is 12.8. The van der Waals surface area contributed by atoms with E-state index < -0.39 is 0 Å². The summed E-state index contributed by atoms with van der Waals surface area (Å²) in [7, 11) is 0. The molecule has 0 bridgehead atoms. The lowest BCUT2D eigenvalue weighted by Gasteiger charge is -2.17. The van der Waals surface area contributed by atoms with E-state index in [1.54, 1.807) is 6.07 Å². The molecule has 2 heterocycles. The zero-order valence-corrected chi connectivity index (χ0v) is 12.7. The summed E-state index contributed by atoms with van der Waals surface area (Å²) in [5.74, 6) is 2.39. The standard InChI is InChI=1S/C13H19ClN6/c1-13(2,3)12-18-9(14)7-11(19-12)15-6-4-5-10-16-8-17-20-10/h7-8H,4-6H2,1-3H3,(H,15,18,19)(H,16,17,20). The summed E-state index contributed by atoms with van der Waals surface area (Å²) < 4.78 is 0. The molecule has 2 N–H and O–H groups in total. The Bertz CT molecular complexity index is 546. The number of anilines is 1. The van der Waals surface area contributed by atoms with Crippen molar-refractivity contribution in [3.63, 3.8) is 0 Å². The minimum Gasteiger partial charge on any atom is -0.370 e. The average Bonchev–Trinajstić information content (AvgIpc) is 2.86. The third-order valence-electron chi connectivity index (χ3n) is 2.73. The second kappa shape index (κ2) is 6.17. The predicted molar refractivity (Wildman–Crippen MR) is 78.9 cm³/mol. The summed E-state index contributed by atoms with van der Waals surface area (Å²) in [6.07, 6.45) is 3.29. The Labute approximate surface area is 123 Å². The molecule has 0 radical (unpaired) electrons. The first kappa shape index (κ1) is 14.7. The van der Waals surface area contributed by atoms with E-state index >= 15 is 0 Å². The fraction of sp³-hybridized carbons (Fsp3) is 0.538. The molecule has 2 aromatic heterocycles. The molecule has 0 aliphatic rings. The topological polar surface area (TPSA) is 79.4 Å². The molecule has 0 fully saturated rings. The third kappa shape index (κ3) is 4.16. The summed E-state index contributed by atoms with van der Waals surface area (Å²) in [5.41, 5.74) is -0.124. The number of rotatable bonds is 5. The van der Waals surface area contributed by atoms with Gasteiger partial charge in [0.1, 0.15) is 28.9 Å². The third-order valence-corrected chi connectivity index (χ3v) is 2.92. The van der Waals surface area contributed by atoms with Crippen LogP contribution in [-0.4, -0.2) is 31.7 Å². The van der Waals surface area contributed by atoms with E-state index in [-0.39, 0.29) is 5.41 Å². The number of hydrogen-bond donors (Lipinski definition) is 2. The first-order valence-corrected chi connectivity index (χ1v) is 6.96. The van der Waals surface area contributed by atoms with E-state index in [0.29, 0.717) is 5.15 Å². The summed E-state index contributed by atoms with van der Waals surface area (Å²) in [6.45, 7) is 6.97. The van der Waals surface area contributed by atoms with Gasteiger partial charge in [-0.25, -0.2) is 15.0 Å². The molecule has 0 amide bonds. The zero-order valence-electron chi connectivity index (χ0n) is 11.9. The minimum atomic E-state index is -0.124. The summed E-state index contributed by atoms with van der Waals surface area (Å²) in [6, 6.07) is 1.74. The van der Waals surface area contributed by atoms with Crippen LogP contribution in [0.1, 0.15) is 38.8 Å². The molecule has 0 aliphatic heterocycles. The van der Waals surface area contributed by atoms with Gasteiger partial charge in [-0.05, 0) is 6.42 Å². The number of aromatic nitrogens is 5. The van der Waals surface area contributed by atoms with Crippen molar-refractivity contribution in [3.8, 4) is 0 Å². The molecule has 0 saturated heterocycles. The Balaban J connectivity index is 1.91. The number of hydrogen-bond acceptors (Lipinski definition) is 5. The SMILES string of the molecule is CC(C)(C)c1nc(Cl)cc(NCCCc2ncn[nH]2)n1. The van der Waals surface area contributed by atoms with Gasteiger partial charge in [0.05, 0.1) is 0 Å². The Morgan fingerprint density at radius 1 is 1.30 bits per heavy atom. The van der Waals surface area contributed by atoms with Crippen molar-refractivity contribution in [1.82, 2.24) is 25.1 Å². The fourth-order valence-electron chi connectivity index (χ4n) is 1.67. The first-order valence-electron chi connectivity index (χ1n) is 6.58. The largest absolute Gasteiger partial charge is 0.370 e. The van der Waals surface area contributed by atoms with Crippen LogP contribution in [0.25, 0.3) is 0 Å². The van der Waals surface area contributed by atoms with Gasteiger partial charge in [-0.2, -0.15) is 5.10 Å². The van der Waals surface area contributed by atoms with Crippen LogP contribution in [0, 0.1) is 0 Å². The van der Waals surface area contributed by atoms with Crippen LogP contribution in [0.2, 0.25) is 5.15 Å². The van der Waals surface area contributed by atoms with Crippen molar-refractivity contribution in [2.24, 2.45) is 0 Å². The van der Waals surface area contributed by atoms with Crippen LogP contribution in [0.15, 0.2) is 12.4 Å². The van der Waals surface area contributed by atoms with Crippen molar-refractivity contribution < 1.29 is 0 Å². The van der Waals surface area contributed by atoms with E-state index in [1.807, 2.05) is 0 Å². The van der Waals surface area contributed by atoms with Gasteiger partial charge in [-0.15, -0.1) is 0 Å². The van der Waals surface area contributed by atoms with Crippen molar-refractivity contribution >= 4 is 17.4 Å². The van der Waals surface area contributed by atoms with Gasteiger partial charge < -0.3 is 5.32 Å². The minimum absolute atomic E-state index is 0.124. The van der Waals surface area contributed by atoms with Crippen LogP contribution < -0.4 is 5.32 Å². The van der Waals surface area contributed by atoms with Gasteiger partial charge in [0.15, 0.2) is 0 Å². The Kier molecular flexibility index (Phi) is 4.54. The van der Waals surface area contributed by atoms with Crippen LogP contribution in [0.5, 0.6) is 0 Å². The molecule has 20 heavy (non-hydrogen) atoms.